The Balaban J connectivity index is 0.888. The average Bonchev–Trinajstić information content (AvgIpc) is 3.83. The van der Waals surface area contributed by atoms with Crippen molar-refractivity contribution in [2.45, 2.75) is 82.4 Å². The molecule has 0 bridgehead atoms. The van der Waals surface area contributed by atoms with Gasteiger partial charge in [0, 0.05) is 47.9 Å². The zero-order valence-corrected chi connectivity index (χ0v) is 37.7. The van der Waals surface area contributed by atoms with E-state index in [1.165, 1.54) is 35.6 Å². The highest BCUT2D eigenvalue weighted by molar-refractivity contribution is 7.89. The van der Waals surface area contributed by atoms with E-state index in [0.29, 0.717) is 35.3 Å². The number of hydrogen-bond donors (Lipinski definition) is 3. The number of rotatable bonds is 12. The Hall–Kier alpha value is -6.44. The quantitative estimate of drug-likeness (QED) is 0.116. The molecule has 0 aliphatic carbocycles. The monoisotopic (exact) mass is 922 g/mol. The number of amides is 5. The second-order valence-electron chi connectivity index (χ2n) is 17.3. The van der Waals surface area contributed by atoms with Gasteiger partial charge in [0.2, 0.25) is 27.8 Å². The Kier molecular flexibility index (Phi) is 12.4. The summed E-state index contributed by atoms with van der Waals surface area (Å²) in [6, 6.07) is 17.5. The first-order valence-electron chi connectivity index (χ1n) is 21.2. The summed E-state index contributed by atoms with van der Waals surface area (Å²) in [6.45, 7) is 8.43. The summed E-state index contributed by atoms with van der Waals surface area (Å²) < 4.78 is 46.8. The number of nitrogens with zero attached hydrogens (tertiary/aromatic N) is 5. The van der Waals surface area contributed by atoms with E-state index >= 15 is 4.39 Å². The van der Waals surface area contributed by atoms with Crippen LogP contribution in [-0.2, 0) is 29.8 Å². The van der Waals surface area contributed by atoms with Crippen molar-refractivity contribution in [2.75, 3.05) is 25.0 Å². The van der Waals surface area contributed by atoms with Crippen molar-refractivity contribution in [2.24, 2.45) is 5.14 Å². The number of sulfonamides is 1. The standard InChI is InChI=1S/C46H47FN8O8S2/c1-5-35(65(48,61)62)30-7-6-8-31(38(30)47)39-40(64-44(53-39)46(2,3)4)33-17-20-49-45(51-33)50-27-11-9-25(10-12-27)26-18-21-54(22-19-26)37(57)24-63-28-13-14-29-32(23-28)43(60)55(42(29)59)34-15-16-36(56)52-41(34)58/h6-14,17,20,23,26,34-35H,5,15-16,18-19,21-22,24H2,1-4H3,(H2,48,61,62)(H,49,50,51)(H,52,56,58). The normalized spacial score (nSPS) is 17.5. The van der Waals surface area contributed by atoms with Gasteiger partial charge in [-0.05, 0) is 79.6 Å². The number of fused-ring (bicyclic) bond motifs is 1. The van der Waals surface area contributed by atoms with Crippen molar-refractivity contribution in [3.05, 3.63) is 106 Å². The average molecular weight is 923 g/mol. The number of likely N-dealkylation sites (tertiary alicyclic amines) is 1. The lowest BCUT2D eigenvalue weighted by Crippen LogP contribution is -2.54. The number of carbonyl (C=O) groups is 5. The molecule has 19 heteroatoms. The summed E-state index contributed by atoms with van der Waals surface area (Å²) in [5, 5.41) is 10.5. The molecule has 16 nitrogen and oxygen atoms in total. The van der Waals surface area contributed by atoms with E-state index in [1.807, 2.05) is 45.0 Å². The number of thiazole rings is 1. The predicted octanol–water partition coefficient (Wildman–Crippen LogP) is 6.37. The molecule has 2 atom stereocenters. The third-order valence-corrected chi connectivity index (χ3v) is 14.7. The molecule has 2 fully saturated rings. The summed E-state index contributed by atoms with van der Waals surface area (Å²) in [5.41, 5.74) is 2.65. The smallest absolute Gasteiger partial charge is 0.262 e. The van der Waals surface area contributed by atoms with Gasteiger partial charge >= 0.3 is 0 Å². The first-order valence-corrected chi connectivity index (χ1v) is 23.6. The number of ether oxygens (including phenoxy) is 1. The number of benzene rings is 3. The lowest BCUT2D eigenvalue weighted by molar-refractivity contribution is -0.136. The molecule has 5 heterocycles. The molecule has 3 aliphatic heterocycles. The number of hydrogen-bond acceptors (Lipinski definition) is 13. The van der Waals surface area contributed by atoms with E-state index in [2.05, 4.69) is 15.6 Å². The van der Waals surface area contributed by atoms with Crippen LogP contribution in [0.2, 0.25) is 0 Å². The van der Waals surface area contributed by atoms with Gasteiger partial charge in [-0.15, -0.1) is 11.3 Å². The van der Waals surface area contributed by atoms with Gasteiger partial charge in [-0.1, -0.05) is 52.0 Å². The number of nitrogens with one attached hydrogen (secondary N) is 2. The van der Waals surface area contributed by atoms with Crippen LogP contribution in [-0.4, -0.2) is 88.4 Å². The number of nitrogens with two attached hydrogens (primary N) is 1. The minimum Gasteiger partial charge on any atom is -0.484 e. The maximum Gasteiger partial charge on any atom is 0.262 e. The van der Waals surface area contributed by atoms with Crippen LogP contribution in [0.5, 0.6) is 5.75 Å². The number of aromatic nitrogens is 3. The Labute approximate surface area is 378 Å². The third-order valence-electron chi connectivity index (χ3n) is 11.8. The van der Waals surface area contributed by atoms with E-state index < -0.39 is 50.8 Å². The molecule has 3 aliphatic rings. The molecule has 2 saturated heterocycles. The Bertz CT molecular complexity index is 2840. The lowest BCUT2D eigenvalue weighted by atomic mass is 9.89. The van der Waals surface area contributed by atoms with Gasteiger partial charge in [0.15, 0.2) is 6.61 Å². The molecule has 2 unspecified atom stereocenters. The van der Waals surface area contributed by atoms with E-state index in [-0.39, 0.29) is 71.1 Å². The van der Waals surface area contributed by atoms with Crippen molar-refractivity contribution in [1.29, 1.82) is 0 Å². The summed E-state index contributed by atoms with van der Waals surface area (Å²) in [7, 11) is -4.07. The predicted molar refractivity (Wildman–Crippen MR) is 240 cm³/mol. The number of piperidine rings is 2. The summed E-state index contributed by atoms with van der Waals surface area (Å²) in [6.07, 6.45) is 3.23. The van der Waals surface area contributed by atoms with Crippen LogP contribution >= 0.6 is 11.3 Å². The fraction of sp³-hybridized carbons (Fsp3) is 0.348. The number of halogens is 1. The van der Waals surface area contributed by atoms with E-state index in [4.69, 9.17) is 19.8 Å². The molecule has 0 spiro atoms. The molecule has 65 heavy (non-hydrogen) atoms. The molecule has 5 amide bonds. The maximum atomic E-state index is 16.3. The molecule has 4 N–H and O–H groups in total. The highest BCUT2D eigenvalue weighted by Gasteiger charge is 2.45. The zero-order valence-electron chi connectivity index (χ0n) is 36.1. The Morgan fingerprint density at radius 3 is 2.37 bits per heavy atom. The maximum absolute atomic E-state index is 16.3. The molecule has 3 aromatic carbocycles. The van der Waals surface area contributed by atoms with Crippen LogP contribution in [0.4, 0.5) is 16.0 Å². The van der Waals surface area contributed by atoms with Crippen LogP contribution in [0.15, 0.2) is 72.9 Å². The summed E-state index contributed by atoms with van der Waals surface area (Å²) >= 11 is 1.38. The zero-order chi connectivity index (χ0) is 46.4. The van der Waals surface area contributed by atoms with Crippen molar-refractivity contribution in [1.82, 2.24) is 30.1 Å². The molecule has 0 radical (unpaired) electrons. The van der Waals surface area contributed by atoms with Crippen LogP contribution in [0.3, 0.4) is 0 Å². The van der Waals surface area contributed by atoms with Crippen molar-refractivity contribution in [3.8, 4) is 27.6 Å². The van der Waals surface area contributed by atoms with Gasteiger partial charge < -0.3 is 15.0 Å². The van der Waals surface area contributed by atoms with Gasteiger partial charge in [0.25, 0.3) is 17.7 Å². The summed E-state index contributed by atoms with van der Waals surface area (Å²) in [4.78, 5) is 80.7. The van der Waals surface area contributed by atoms with Gasteiger partial charge in [0.1, 0.15) is 22.9 Å². The van der Waals surface area contributed by atoms with Gasteiger partial charge in [-0.25, -0.2) is 32.9 Å². The first-order chi connectivity index (χ1) is 30.9. The number of carbonyl (C=O) groups excluding carboxylic acids is 5. The van der Waals surface area contributed by atoms with Crippen molar-refractivity contribution >= 4 is 62.5 Å². The largest absolute Gasteiger partial charge is 0.484 e. The lowest BCUT2D eigenvalue weighted by Gasteiger charge is -2.32. The highest BCUT2D eigenvalue weighted by atomic mass is 32.2. The van der Waals surface area contributed by atoms with Crippen molar-refractivity contribution in [3.63, 3.8) is 0 Å². The fourth-order valence-electron chi connectivity index (χ4n) is 8.36. The number of primary sulfonamides is 1. The number of imide groups is 2. The van der Waals surface area contributed by atoms with E-state index in [0.717, 1.165) is 34.0 Å². The second-order valence-corrected chi connectivity index (χ2v) is 20.0. The fourth-order valence-corrected chi connectivity index (χ4v) is 10.5. The Morgan fingerprint density at radius 2 is 1.69 bits per heavy atom. The highest BCUT2D eigenvalue weighted by Crippen LogP contribution is 2.43. The summed E-state index contributed by atoms with van der Waals surface area (Å²) in [5.74, 6) is -2.59. The third kappa shape index (κ3) is 9.25. The molecule has 5 aromatic rings. The molecule has 8 rings (SSSR count). The molecule has 0 saturated carbocycles. The van der Waals surface area contributed by atoms with E-state index in [9.17, 15) is 32.4 Å². The molecule has 2 aromatic heterocycles. The van der Waals surface area contributed by atoms with E-state index in [1.54, 1.807) is 36.2 Å². The first kappa shape index (κ1) is 45.1. The van der Waals surface area contributed by atoms with Crippen LogP contribution in [0.1, 0.15) is 108 Å². The van der Waals surface area contributed by atoms with Crippen molar-refractivity contribution < 1.29 is 41.5 Å². The molecular weight excluding hydrogens is 876 g/mol. The molecular formula is C46H47FN8O8S2. The van der Waals surface area contributed by atoms with Gasteiger partial charge in [0.05, 0.1) is 32.4 Å². The SMILES string of the molecule is CCC(c1cccc(-c2nc(C(C)(C)C)sc2-c2ccnc(Nc3ccc(C4CCN(C(=O)COc5ccc6c(c5)C(=O)N(C5CCC(=O)NC5=O)C6=O)CC4)cc3)n2)c1F)S(N)(=O)=O. The molecule has 338 valence electrons. The van der Waals surface area contributed by atoms with Crippen LogP contribution in [0.25, 0.3) is 21.8 Å². The second kappa shape index (κ2) is 17.9. The number of anilines is 2. The minimum absolute atomic E-state index is 0.0150. The Morgan fingerprint density at radius 1 is 0.969 bits per heavy atom. The van der Waals surface area contributed by atoms with Gasteiger partial charge in [-0.3, -0.25) is 34.2 Å². The van der Waals surface area contributed by atoms with Crippen LogP contribution in [0, 0.1) is 5.82 Å². The van der Waals surface area contributed by atoms with Crippen LogP contribution < -0.4 is 20.5 Å². The topological polar surface area (TPSA) is 224 Å². The van der Waals surface area contributed by atoms with Gasteiger partial charge in [-0.2, -0.15) is 0 Å². The minimum atomic E-state index is -4.07.